The van der Waals surface area contributed by atoms with Crippen molar-refractivity contribution >= 4 is 17.7 Å². The van der Waals surface area contributed by atoms with E-state index in [1.54, 1.807) is 23.1 Å². The SMILES string of the molecule is COc1ccc(C(=O)NCCNC(=O)C2CC(=O)N(C(C)C)C2)cc1OC. The molecule has 1 atom stereocenters. The van der Waals surface area contributed by atoms with E-state index < -0.39 is 0 Å². The van der Waals surface area contributed by atoms with E-state index in [4.69, 9.17) is 9.47 Å². The smallest absolute Gasteiger partial charge is 0.251 e. The first kappa shape index (κ1) is 20.5. The van der Waals surface area contributed by atoms with Crippen molar-refractivity contribution in [1.29, 1.82) is 0 Å². The number of ether oxygens (including phenoxy) is 2. The zero-order chi connectivity index (χ0) is 20.0. The molecule has 1 aromatic rings. The van der Waals surface area contributed by atoms with Gasteiger partial charge in [-0.2, -0.15) is 0 Å². The van der Waals surface area contributed by atoms with Gasteiger partial charge >= 0.3 is 0 Å². The van der Waals surface area contributed by atoms with E-state index in [-0.39, 0.29) is 42.6 Å². The molecule has 8 heteroatoms. The van der Waals surface area contributed by atoms with E-state index in [2.05, 4.69) is 10.6 Å². The number of benzene rings is 1. The molecule has 0 spiro atoms. The maximum atomic E-state index is 12.2. The summed E-state index contributed by atoms with van der Waals surface area (Å²) in [4.78, 5) is 38.0. The molecule has 2 N–H and O–H groups in total. The molecular weight excluding hydrogens is 350 g/mol. The van der Waals surface area contributed by atoms with Gasteiger partial charge in [0.05, 0.1) is 20.1 Å². The molecule has 1 unspecified atom stereocenters. The third-order valence-electron chi connectivity index (χ3n) is 4.51. The van der Waals surface area contributed by atoms with Crippen molar-refractivity contribution in [3.63, 3.8) is 0 Å². The van der Waals surface area contributed by atoms with Gasteiger partial charge in [0.15, 0.2) is 11.5 Å². The van der Waals surface area contributed by atoms with Crippen molar-refractivity contribution in [2.75, 3.05) is 33.9 Å². The fourth-order valence-corrected chi connectivity index (χ4v) is 2.99. The zero-order valence-corrected chi connectivity index (χ0v) is 16.2. The number of likely N-dealkylation sites (tertiary alicyclic amines) is 1. The van der Waals surface area contributed by atoms with Crippen LogP contribution < -0.4 is 20.1 Å². The number of carbonyl (C=O) groups is 3. The fraction of sp³-hybridized carbons (Fsp3) is 0.526. The summed E-state index contributed by atoms with van der Waals surface area (Å²) in [5.74, 6) is 0.259. The molecule has 1 fully saturated rings. The minimum atomic E-state index is -0.332. The van der Waals surface area contributed by atoms with Crippen LogP contribution >= 0.6 is 0 Å². The average Bonchev–Trinajstić information content (AvgIpc) is 3.06. The predicted molar refractivity (Wildman–Crippen MR) is 99.8 cm³/mol. The maximum absolute atomic E-state index is 12.2. The molecule has 148 valence electrons. The number of hydrogen-bond acceptors (Lipinski definition) is 5. The molecule has 0 aromatic heterocycles. The lowest BCUT2D eigenvalue weighted by molar-refractivity contribution is -0.129. The van der Waals surface area contributed by atoms with Gasteiger partial charge in [-0.1, -0.05) is 0 Å². The van der Waals surface area contributed by atoms with Gasteiger partial charge in [-0.25, -0.2) is 0 Å². The van der Waals surface area contributed by atoms with Gasteiger partial charge in [-0.15, -0.1) is 0 Å². The van der Waals surface area contributed by atoms with E-state index in [1.807, 2.05) is 13.8 Å². The second-order valence-electron chi connectivity index (χ2n) is 6.66. The number of carbonyl (C=O) groups excluding carboxylic acids is 3. The topological polar surface area (TPSA) is 97.0 Å². The van der Waals surface area contributed by atoms with E-state index in [1.165, 1.54) is 14.2 Å². The van der Waals surface area contributed by atoms with Crippen LogP contribution in [0.3, 0.4) is 0 Å². The van der Waals surface area contributed by atoms with Crippen molar-refractivity contribution in [2.24, 2.45) is 5.92 Å². The van der Waals surface area contributed by atoms with Crippen LogP contribution in [0, 0.1) is 5.92 Å². The van der Waals surface area contributed by atoms with Crippen LogP contribution in [0.1, 0.15) is 30.6 Å². The Labute approximate surface area is 159 Å². The maximum Gasteiger partial charge on any atom is 0.251 e. The predicted octanol–water partition coefficient (Wildman–Crippen LogP) is 0.807. The third-order valence-corrected chi connectivity index (χ3v) is 4.51. The second-order valence-corrected chi connectivity index (χ2v) is 6.66. The lowest BCUT2D eigenvalue weighted by Gasteiger charge is -2.20. The normalized spacial score (nSPS) is 16.4. The molecule has 0 bridgehead atoms. The molecule has 0 radical (unpaired) electrons. The Hall–Kier alpha value is -2.77. The summed E-state index contributed by atoms with van der Waals surface area (Å²) in [5, 5.41) is 5.52. The van der Waals surface area contributed by atoms with Gasteiger partial charge in [-0.3, -0.25) is 14.4 Å². The van der Waals surface area contributed by atoms with Gasteiger partial charge in [0, 0.05) is 37.7 Å². The van der Waals surface area contributed by atoms with E-state index in [9.17, 15) is 14.4 Å². The standard InChI is InChI=1S/C19H27N3O5/c1-12(2)22-11-14(10-17(22)23)19(25)21-8-7-20-18(24)13-5-6-15(26-3)16(9-13)27-4/h5-6,9,12,14H,7-8,10-11H2,1-4H3,(H,20,24)(H,21,25). The van der Waals surface area contributed by atoms with E-state index in [0.717, 1.165) is 0 Å². The average molecular weight is 377 g/mol. The summed E-state index contributed by atoms with van der Waals surface area (Å²) in [6.07, 6.45) is 0.238. The molecule has 2 rings (SSSR count). The fourth-order valence-electron chi connectivity index (χ4n) is 2.99. The molecule has 3 amide bonds. The van der Waals surface area contributed by atoms with Gasteiger partial charge in [0.1, 0.15) is 0 Å². The number of methoxy groups -OCH3 is 2. The van der Waals surface area contributed by atoms with Crippen LogP contribution in [-0.4, -0.2) is 62.5 Å². The molecule has 1 heterocycles. The summed E-state index contributed by atoms with van der Waals surface area (Å²) >= 11 is 0. The number of hydrogen-bond donors (Lipinski definition) is 2. The molecular formula is C19H27N3O5. The van der Waals surface area contributed by atoms with Gasteiger partial charge in [-0.05, 0) is 32.0 Å². The first-order valence-electron chi connectivity index (χ1n) is 8.94. The summed E-state index contributed by atoms with van der Waals surface area (Å²) in [6, 6.07) is 4.99. The van der Waals surface area contributed by atoms with Crippen LogP contribution in [0.2, 0.25) is 0 Å². The Balaban J connectivity index is 1.77. The Morgan fingerprint density at radius 2 is 1.81 bits per heavy atom. The molecule has 1 aliphatic rings. The monoisotopic (exact) mass is 377 g/mol. The lowest BCUT2D eigenvalue weighted by Crippen LogP contribution is -2.39. The number of nitrogens with one attached hydrogen (secondary N) is 2. The molecule has 27 heavy (non-hydrogen) atoms. The molecule has 0 aliphatic carbocycles. The Morgan fingerprint density at radius 1 is 1.15 bits per heavy atom. The molecule has 8 nitrogen and oxygen atoms in total. The second kappa shape index (κ2) is 9.25. The lowest BCUT2D eigenvalue weighted by atomic mass is 10.1. The van der Waals surface area contributed by atoms with Crippen LogP contribution in [0.25, 0.3) is 0 Å². The number of amides is 3. The van der Waals surface area contributed by atoms with Crippen molar-refractivity contribution in [3.8, 4) is 11.5 Å². The highest BCUT2D eigenvalue weighted by molar-refractivity contribution is 5.95. The summed E-state index contributed by atoms with van der Waals surface area (Å²) in [5.41, 5.74) is 0.438. The van der Waals surface area contributed by atoms with Crippen LogP contribution in [0.5, 0.6) is 11.5 Å². The van der Waals surface area contributed by atoms with E-state index in [0.29, 0.717) is 30.2 Å². The van der Waals surface area contributed by atoms with Crippen molar-refractivity contribution in [2.45, 2.75) is 26.3 Å². The minimum Gasteiger partial charge on any atom is -0.493 e. The third kappa shape index (κ3) is 5.12. The summed E-state index contributed by atoms with van der Waals surface area (Å²) in [6.45, 7) is 4.89. The summed E-state index contributed by atoms with van der Waals surface area (Å²) < 4.78 is 10.3. The Bertz CT molecular complexity index is 705. The quantitative estimate of drug-likeness (QED) is 0.654. The first-order chi connectivity index (χ1) is 12.9. The number of nitrogens with zero attached hydrogens (tertiary/aromatic N) is 1. The van der Waals surface area contributed by atoms with Crippen molar-refractivity contribution < 1.29 is 23.9 Å². The molecule has 0 saturated carbocycles. The Kier molecular flexibility index (Phi) is 7.04. The highest BCUT2D eigenvalue weighted by atomic mass is 16.5. The van der Waals surface area contributed by atoms with E-state index >= 15 is 0 Å². The number of rotatable bonds is 8. The minimum absolute atomic E-state index is 0.00639. The molecule has 1 saturated heterocycles. The molecule has 1 aromatic carbocycles. The zero-order valence-electron chi connectivity index (χ0n) is 16.2. The molecule has 1 aliphatic heterocycles. The van der Waals surface area contributed by atoms with Crippen molar-refractivity contribution in [1.82, 2.24) is 15.5 Å². The van der Waals surface area contributed by atoms with Crippen LogP contribution in [0.15, 0.2) is 18.2 Å². The van der Waals surface area contributed by atoms with Crippen LogP contribution in [0.4, 0.5) is 0 Å². The highest BCUT2D eigenvalue weighted by Gasteiger charge is 2.35. The summed E-state index contributed by atoms with van der Waals surface area (Å²) in [7, 11) is 3.03. The van der Waals surface area contributed by atoms with Gasteiger partial charge < -0.3 is 25.0 Å². The van der Waals surface area contributed by atoms with Gasteiger partial charge in [0.25, 0.3) is 5.91 Å². The highest BCUT2D eigenvalue weighted by Crippen LogP contribution is 2.27. The van der Waals surface area contributed by atoms with Crippen molar-refractivity contribution in [3.05, 3.63) is 23.8 Å². The first-order valence-corrected chi connectivity index (χ1v) is 8.94. The Morgan fingerprint density at radius 3 is 2.41 bits per heavy atom. The van der Waals surface area contributed by atoms with Gasteiger partial charge in [0.2, 0.25) is 11.8 Å². The largest absolute Gasteiger partial charge is 0.493 e. The van der Waals surface area contributed by atoms with Crippen LogP contribution in [-0.2, 0) is 9.59 Å².